The molecule has 3 N–H and O–H groups in total. The van der Waals surface area contributed by atoms with E-state index in [1.807, 2.05) is 19.9 Å². The lowest BCUT2D eigenvalue weighted by atomic mass is 10.1. The number of hydrogen-bond donors (Lipinski definition) is 2. The Morgan fingerprint density at radius 1 is 1.40 bits per heavy atom. The molecule has 5 nitrogen and oxygen atoms in total. The van der Waals surface area contributed by atoms with Crippen LogP contribution in [0, 0.1) is 18.8 Å². The molecule has 0 aliphatic heterocycles. The molecular formula is C14H20N2O3S. The van der Waals surface area contributed by atoms with Gasteiger partial charge in [0.2, 0.25) is 10.0 Å². The van der Waals surface area contributed by atoms with Crippen LogP contribution in [0.4, 0.5) is 5.69 Å². The van der Waals surface area contributed by atoms with Crippen LogP contribution < -0.4 is 10.5 Å². The Labute approximate surface area is 120 Å². The Morgan fingerprint density at radius 3 is 2.75 bits per heavy atom. The van der Waals surface area contributed by atoms with Gasteiger partial charge in [-0.3, -0.25) is 4.72 Å². The average molecular weight is 296 g/mol. The molecule has 1 aromatic carbocycles. The van der Waals surface area contributed by atoms with E-state index in [0.29, 0.717) is 18.8 Å². The van der Waals surface area contributed by atoms with Gasteiger partial charge in [0, 0.05) is 12.2 Å². The SMILES string of the molecule is CCOCCS(=O)(=O)Nc1ccc(C#CCN)cc1C. The number of rotatable bonds is 6. The van der Waals surface area contributed by atoms with Crippen molar-refractivity contribution in [2.45, 2.75) is 13.8 Å². The highest BCUT2D eigenvalue weighted by Gasteiger charge is 2.11. The van der Waals surface area contributed by atoms with Crippen molar-refractivity contribution < 1.29 is 13.2 Å². The number of ether oxygens (including phenoxy) is 1. The third-order valence-corrected chi connectivity index (χ3v) is 3.76. The van der Waals surface area contributed by atoms with E-state index in [1.54, 1.807) is 12.1 Å². The van der Waals surface area contributed by atoms with Gasteiger partial charge in [-0.25, -0.2) is 8.42 Å². The fourth-order valence-electron chi connectivity index (χ4n) is 1.54. The van der Waals surface area contributed by atoms with Crippen LogP contribution in [0.25, 0.3) is 0 Å². The first kappa shape index (κ1) is 16.5. The van der Waals surface area contributed by atoms with Crippen LogP contribution in [-0.4, -0.2) is 33.9 Å². The second-order valence-electron chi connectivity index (χ2n) is 4.15. The summed E-state index contributed by atoms with van der Waals surface area (Å²) in [6, 6.07) is 5.28. The van der Waals surface area contributed by atoms with E-state index in [0.717, 1.165) is 11.1 Å². The molecule has 0 spiro atoms. The maximum absolute atomic E-state index is 11.8. The molecule has 1 aromatic rings. The highest BCUT2D eigenvalue weighted by atomic mass is 32.2. The summed E-state index contributed by atoms with van der Waals surface area (Å²) in [5.41, 5.74) is 7.49. The van der Waals surface area contributed by atoms with Gasteiger partial charge < -0.3 is 10.5 Å². The van der Waals surface area contributed by atoms with Crippen molar-refractivity contribution in [1.29, 1.82) is 0 Å². The summed E-state index contributed by atoms with van der Waals surface area (Å²) in [7, 11) is -3.39. The van der Waals surface area contributed by atoms with Crippen molar-refractivity contribution in [1.82, 2.24) is 0 Å². The van der Waals surface area contributed by atoms with Gasteiger partial charge in [0.15, 0.2) is 0 Å². The second kappa shape index (κ2) is 7.90. The van der Waals surface area contributed by atoms with Crippen LogP contribution in [0.1, 0.15) is 18.1 Å². The first-order valence-electron chi connectivity index (χ1n) is 6.36. The van der Waals surface area contributed by atoms with E-state index in [-0.39, 0.29) is 12.4 Å². The molecule has 0 radical (unpaired) electrons. The lowest BCUT2D eigenvalue weighted by Crippen LogP contribution is -2.20. The Balaban J connectivity index is 2.78. The average Bonchev–Trinajstić information content (AvgIpc) is 2.39. The van der Waals surface area contributed by atoms with E-state index in [4.69, 9.17) is 10.5 Å². The van der Waals surface area contributed by atoms with Gasteiger partial charge >= 0.3 is 0 Å². The number of aryl methyl sites for hydroxylation is 1. The highest BCUT2D eigenvalue weighted by molar-refractivity contribution is 7.92. The zero-order chi connectivity index (χ0) is 15.0. The highest BCUT2D eigenvalue weighted by Crippen LogP contribution is 2.17. The molecule has 0 aromatic heterocycles. The predicted molar refractivity (Wildman–Crippen MR) is 81.0 cm³/mol. The lowest BCUT2D eigenvalue weighted by Gasteiger charge is -2.10. The third-order valence-electron chi connectivity index (χ3n) is 2.53. The van der Waals surface area contributed by atoms with Gasteiger partial charge in [-0.1, -0.05) is 11.8 Å². The molecule has 0 saturated heterocycles. The molecule has 0 atom stereocenters. The number of nitrogens with two attached hydrogens (primary N) is 1. The maximum atomic E-state index is 11.8. The summed E-state index contributed by atoms with van der Waals surface area (Å²) in [6.07, 6.45) is 0. The minimum atomic E-state index is -3.39. The molecule has 0 saturated carbocycles. The quantitative estimate of drug-likeness (QED) is 0.608. The van der Waals surface area contributed by atoms with E-state index in [9.17, 15) is 8.42 Å². The number of nitrogens with one attached hydrogen (secondary N) is 1. The Hall–Kier alpha value is -1.55. The smallest absolute Gasteiger partial charge is 0.235 e. The Morgan fingerprint density at radius 2 is 2.15 bits per heavy atom. The third kappa shape index (κ3) is 5.61. The van der Waals surface area contributed by atoms with Gasteiger partial charge in [0.05, 0.1) is 24.6 Å². The fourth-order valence-corrected chi connectivity index (χ4v) is 2.54. The minimum Gasteiger partial charge on any atom is -0.381 e. The molecule has 0 aliphatic rings. The van der Waals surface area contributed by atoms with Gasteiger partial charge in [0.25, 0.3) is 0 Å². The standard InChI is InChI=1S/C14H20N2O3S/c1-3-19-9-10-20(17,18)16-14-7-6-13(5-4-8-15)11-12(14)2/h6-7,11,16H,3,8-10,15H2,1-2H3. The topological polar surface area (TPSA) is 81.4 Å². The molecule has 0 bridgehead atoms. The maximum Gasteiger partial charge on any atom is 0.235 e. The van der Waals surface area contributed by atoms with Crippen LogP contribution in [0.5, 0.6) is 0 Å². The number of sulfonamides is 1. The molecule has 0 unspecified atom stereocenters. The normalized spacial score (nSPS) is 10.8. The van der Waals surface area contributed by atoms with Gasteiger partial charge in [-0.15, -0.1) is 0 Å². The van der Waals surface area contributed by atoms with Gasteiger partial charge in [0.1, 0.15) is 0 Å². The molecule has 110 valence electrons. The van der Waals surface area contributed by atoms with Crippen LogP contribution in [-0.2, 0) is 14.8 Å². The number of anilines is 1. The lowest BCUT2D eigenvalue weighted by molar-refractivity contribution is 0.163. The fraction of sp³-hybridized carbons (Fsp3) is 0.429. The molecule has 0 fully saturated rings. The van der Waals surface area contributed by atoms with Crippen LogP contribution in [0.3, 0.4) is 0 Å². The summed E-state index contributed by atoms with van der Waals surface area (Å²) in [4.78, 5) is 0. The summed E-state index contributed by atoms with van der Waals surface area (Å²) in [5, 5.41) is 0. The van der Waals surface area contributed by atoms with Crippen LogP contribution >= 0.6 is 0 Å². The van der Waals surface area contributed by atoms with Crippen molar-refractivity contribution in [3.05, 3.63) is 29.3 Å². The van der Waals surface area contributed by atoms with E-state index < -0.39 is 10.0 Å². The zero-order valence-corrected chi connectivity index (χ0v) is 12.6. The molecule has 0 amide bonds. The molecule has 6 heteroatoms. The summed E-state index contributed by atoms with van der Waals surface area (Å²) in [5.74, 6) is 5.60. The largest absolute Gasteiger partial charge is 0.381 e. The van der Waals surface area contributed by atoms with Crippen molar-refractivity contribution in [3.8, 4) is 11.8 Å². The number of hydrogen-bond acceptors (Lipinski definition) is 4. The molecule has 20 heavy (non-hydrogen) atoms. The predicted octanol–water partition coefficient (Wildman–Crippen LogP) is 1.08. The van der Waals surface area contributed by atoms with Crippen LogP contribution in [0.15, 0.2) is 18.2 Å². The Bertz CT molecular complexity index is 601. The second-order valence-corrected chi connectivity index (χ2v) is 6.00. The summed E-state index contributed by atoms with van der Waals surface area (Å²) in [6.45, 7) is 4.64. The first-order chi connectivity index (χ1) is 9.48. The minimum absolute atomic E-state index is 0.0605. The molecule has 0 heterocycles. The first-order valence-corrected chi connectivity index (χ1v) is 8.01. The van der Waals surface area contributed by atoms with Crippen molar-refractivity contribution in [2.75, 3.05) is 30.2 Å². The van der Waals surface area contributed by atoms with Gasteiger partial charge in [-0.2, -0.15) is 0 Å². The van der Waals surface area contributed by atoms with E-state index in [2.05, 4.69) is 16.6 Å². The monoisotopic (exact) mass is 296 g/mol. The summed E-state index contributed by atoms with van der Waals surface area (Å²) >= 11 is 0. The van der Waals surface area contributed by atoms with E-state index in [1.165, 1.54) is 0 Å². The van der Waals surface area contributed by atoms with Crippen LogP contribution in [0.2, 0.25) is 0 Å². The van der Waals surface area contributed by atoms with E-state index >= 15 is 0 Å². The van der Waals surface area contributed by atoms with Crippen molar-refractivity contribution in [3.63, 3.8) is 0 Å². The number of benzene rings is 1. The Kier molecular flexibility index (Phi) is 6.52. The van der Waals surface area contributed by atoms with Crippen molar-refractivity contribution in [2.24, 2.45) is 5.73 Å². The zero-order valence-electron chi connectivity index (χ0n) is 11.8. The van der Waals surface area contributed by atoms with Gasteiger partial charge in [-0.05, 0) is 37.6 Å². The molecular weight excluding hydrogens is 276 g/mol. The molecule has 1 rings (SSSR count). The van der Waals surface area contributed by atoms with Crippen molar-refractivity contribution >= 4 is 15.7 Å². The summed E-state index contributed by atoms with van der Waals surface area (Å²) < 4.78 is 31.3. The molecule has 0 aliphatic carbocycles.